The first-order valence-corrected chi connectivity index (χ1v) is 7.27. The fraction of sp³-hybridized carbons (Fsp3) is 0.158. The monoisotopic (exact) mass is 310 g/mol. The summed E-state index contributed by atoms with van der Waals surface area (Å²) in [5, 5.41) is 18.7. The van der Waals surface area contributed by atoms with Gasteiger partial charge in [0.1, 0.15) is 5.75 Å². The van der Waals surface area contributed by atoms with E-state index in [1.165, 1.54) is 29.8 Å². The van der Waals surface area contributed by atoms with E-state index in [0.717, 1.165) is 5.56 Å². The molecule has 0 saturated carbocycles. The maximum Gasteiger partial charge on any atom is 0.335 e. The topological polar surface area (TPSA) is 74.6 Å². The van der Waals surface area contributed by atoms with Crippen LogP contribution in [0.15, 0.2) is 48.5 Å². The van der Waals surface area contributed by atoms with E-state index in [4.69, 9.17) is 5.11 Å². The Bertz CT molecular complexity index is 755. The average Bonchev–Trinajstić information content (AvgIpc) is 2.53. The van der Waals surface area contributed by atoms with E-state index in [1.807, 2.05) is 24.3 Å². The molecular weight excluding hydrogens is 292 g/mol. The van der Waals surface area contributed by atoms with Crippen LogP contribution in [-0.2, 0) is 0 Å². The highest BCUT2D eigenvalue weighted by atomic mass is 16.4. The summed E-state index contributed by atoms with van der Waals surface area (Å²) in [5.74, 6) is -1.39. The fourth-order valence-electron chi connectivity index (χ4n) is 2.12. The largest absolute Gasteiger partial charge is 0.507 e. The molecule has 0 fully saturated rings. The summed E-state index contributed by atoms with van der Waals surface area (Å²) in [6.07, 6.45) is 2.96. The van der Waals surface area contributed by atoms with Crippen molar-refractivity contribution >= 4 is 17.8 Å². The molecule has 118 valence electrons. The second-order valence-corrected chi connectivity index (χ2v) is 5.56. The number of allylic oxidation sites excluding steroid dienone is 1. The van der Waals surface area contributed by atoms with Gasteiger partial charge in [-0.05, 0) is 41.3 Å². The molecule has 0 unspecified atom stereocenters. The smallest absolute Gasteiger partial charge is 0.335 e. The van der Waals surface area contributed by atoms with Gasteiger partial charge < -0.3 is 10.2 Å². The van der Waals surface area contributed by atoms with Crippen molar-refractivity contribution in [1.29, 1.82) is 0 Å². The lowest BCUT2D eigenvalue weighted by molar-refractivity contribution is 0.0697. The second-order valence-electron chi connectivity index (χ2n) is 5.56. The van der Waals surface area contributed by atoms with Gasteiger partial charge in [-0.15, -0.1) is 0 Å². The molecular formula is C19H18O4. The number of hydrogen-bond donors (Lipinski definition) is 2. The molecule has 23 heavy (non-hydrogen) atoms. The number of phenols is 1. The molecule has 2 rings (SSSR count). The minimum Gasteiger partial charge on any atom is -0.507 e. The van der Waals surface area contributed by atoms with E-state index in [2.05, 4.69) is 13.8 Å². The van der Waals surface area contributed by atoms with Crippen LogP contribution in [0, 0.1) is 0 Å². The van der Waals surface area contributed by atoms with Crippen LogP contribution in [0.25, 0.3) is 6.08 Å². The number of ketones is 1. The van der Waals surface area contributed by atoms with Gasteiger partial charge in [0.2, 0.25) is 0 Å². The Hall–Kier alpha value is -2.88. The molecule has 0 saturated heterocycles. The number of phenolic OH excluding ortho intramolecular Hbond substituents is 1. The minimum atomic E-state index is -1.15. The number of aromatic hydroxyl groups is 1. The first-order valence-electron chi connectivity index (χ1n) is 7.27. The van der Waals surface area contributed by atoms with Gasteiger partial charge in [0, 0.05) is 0 Å². The molecule has 4 nitrogen and oxygen atoms in total. The highest BCUT2D eigenvalue weighted by Gasteiger charge is 2.12. The van der Waals surface area contributed by atoms with Crippen LogP contribution >= 0.6 is 0 Å². The summed E-state index contributed by atoms with van der Waals surface area (Å²) in [4.78, 5) is 23.1. The number of hydrogen-bond acceptors (Lipinski definition) is 3. The van der Waals surface area contributed by atoms with Gasteiger partial charge in [-0.1, -0.05) is 44.2 Å². The standard InChI is InChI=1S/C19H18O4/c1-12(2)14-6-3-13(4-7-14)5-9-17(20)16-11-15(19(22)23)8-10-18(16)21/h3-12,21H,1-2H3,(H,22,23)/b9-5+. The van der Waals surface area contributed by atoms with Crippen LogP contribution in [0.5, 0.6) is 5.75 Å². The van der Waals surface area contributed by atoms with Gasteiger partial charge in [0.25, 0.3) is 0 Å². The van der Waals surface area contributed by atoms with E-state index in [1.54, 1.807) is 6.08 Å². The summed E-state index contributed by atoms with van der Waals surface area (Å²) in [7, 11) is 0. The van der Waals surface area contributed by atoms with E-state index >= 15 is 0 Å². The van der Waals surface area contributed by atoms with Crippen molar-refractivity contribution < 1.29 is 19.8 Å². The van der Waals surface area contributed by atoms with Crippen LogP contribution in [-0.4, -0.2) is 22.0 Å². The number of carboxylic acids is 1. The zero-order chi connectivity index (χ0) is 17.0. The Labute approximate surface area is 134 Å². The zero-order valence-corrected chi connectivity index (χ0v) is 13.0. The van der Waals surface area contributed by atoms with Gasteiger partial charge in [-0.3, -0.25) is 4.79 Å². The highest BCUT2D eigenvalue weighted by molar-refractivity contribution is 6.09. The third-order valence-corrected chi connectivity index (χ3v) is 3.54. The normalized spacial score (nSPS) is 11.1. The number of carbonyl (C=O) groups excluding carboxylic acids is 1. The number of rotatable bonds is 5. The molecule has 0 aliphatic rings. The molecule has 0 spiro atoms. The lowest BCUT2D eigenvalue weighted by atomic mass is 10.0. The van der Waals surface area contributed by atoms with Crippen molar-refractivity contribution in [3.05, 3.63) is 70.8 Å². The molecule has 0 aromatic heterocycles. The molecule has 2 N–H and O–H groups in total. The van der Waals surface area contributed by atoms with Crippen molar-refractivity contribution in [3.63, 3.8) is 0 Å². The maximum absolute atomic E-state index is 12.1. The molecule has 0 aliphatic carbocycles. The van der Waals surface area contributed by atoms with E-state index in [9.17, 15) is 14.7 Å². The third-order valence-electron chi connectivity index (χ3n) is 3.54. The number of carboxylic acid groups (broad SMARTS) is 1. The molecule has 0 amide bonds. The van der Waals surface area contributed by atoms with Crippen LogP contribution in [0.1, 0.15) is 51.6 Å². The number of benzene rings is 2. The first kappa shape index (κ1) is 16.5. The Morgan fingerprint density at radius 2 is 1.70 bits per heavy atom. The summed E-state index contributed by atoms with van der Waals surface area (Å²) < 4.78 is 0. The molecule has 0 bridgehead atoms. The van der Waals surface area contributed by atoms with Gasteiger partial charge in [-0.25, -0.2) is 4.79 Å². The second kappa shape index (κ2) is 6.92. The predicted molar refractivity (Wildman–Crippen MR) is 89.0 cm³/mol. The summed E-state index contributed by atoms with van der Waals surface area (Å²) >= 11 is 0. The fourth-order valence-corrected chi connectivity index (χ4v) is 2.12. The maximum atomic E-state index is 12.1. The van der Waals surface area contributed by atoms with Crippen molar-refractivity contribution in [2.45, 2.75) is 19.8 Å². The van der Waals surface area contributed by atoms with Gasteiger partial charge in [0.05, 0.1) is 11.1 Å². The Morgan fingerprint density at radius 1 is 1.04 bits per heavy atom. The molecule has 2 aromatic carbocycles. The highest BCUT2D eigenvalue weighted by Crippen LogP contribution is 2.20. The van der Waals surface area contributed by atoms with Gasteiger partial charge in [-0.2, -0.15) is 0 Å². The quantitative estimate of drug-likeness (QED) is 0.644. The number of carbonyl (C=O) groups is 2. The Morgan fingerprint density at radius 3 is 2.26 bits per heavy atom. The number of aromatic carboxylic acids is 1. The SMILES string of the molecule is CC(C)c1ccc(/C=C/C(=O)c2cc(C(=O)O)ccc2O)cc1. The average molecular weight is 310 g/mol. The van der Waals surface area contributed by atoms with Crippen molar-refractivity contribution in [2.24, 2.45) is 0 Å². The molecule has 0 aliphatic heterocycles. The lowest BCUT2D eigenvalue weighted by Crippen LogP contribution is -2.01. The van der Waals surface area contributed by atoms with Crippen LogP contribution < -0.4 is 0 Å². The van der Waals surface area contributed by atoms with E-state index in [-0.39, 0.29) is 16.9 Å². The Balaban J connectivity index is 2.21. The van der Waals surface area contributed by atoms with Crippen molar-refractivity contribution in [2.75, 3.05) is 0 Å². The van der Waals surface area contributed by atoms with E-state index < -0.39 is 11.8 Å². The zero-order valence-electron chi connectivity index (χ0n) is 13.0. The van der Waals surface area contributed by atoms with Crippen molar-refractivity contribution in [3.8, 4) is 5.75 Å². The van der Waals surface area contributed by atoms with Crippen LogP contribution in [0.2, 0.25) is 0 Å². The molecule has 0 heterocycles. The van der Waals surface area contributed by atoms with Gasteiger partial charge >= 0.3 is 5.97 Å². The summed E-state index contributed by atoms with van der Waals surface area (Å²) in [5.41, 5.74) is 2.00. The van der Waals surface area contributed by atoms with Crippen LogP contribution in [0.3, 0.4) is 0 Å². The predicted octanol–water partition coefficient (Wildman–Crippen LogP) is 4.11. The molecule has 0 radical (unpaired) electrons. The summed E-state index contributed by atoms with van der Waals surface area (Å²) in [6.45, 7) is 4.21. The van der Waals surface area contributed by atoms with Crippen molar-refractivity contribution in [1.82, 2.24) is 0 Å². The van der Waals surface area contributed by atoms with Gasteiger partial charge in [0.15, 0.2) is 5.78 Å². The lowest BCUT2D eigenvalue weighted by Gasteiger charge is -2.05. The van der Waals surface area contributed by atoms with E-state index in [0.29, 0.717) is 5.92 Å². The minimum absolute atomic E-state index is 0.0278. The molecule has 4 heteroatoms. The summed E-state index contributed by atoms with van der Waals surface area (Å²) in [6, 6.07) is 11.4. The molecule has 2 aromatic rings. The van der Waals surface area contributed by atoms with Crippen LogP contribution in [0.4, 0.5) is 0 Å². The first-order chi connectivity index (χ1) is 10.9. The Kier molecular flexibility index (Phi) is 4.96. The molecule has 0 atom stereocenters. The third kappa shape index (κ3) is 4.07.